The number of esters is 1. The molecular weight excluding hydrogens is 320 g/mol. The average molecular weight is 341 g/mol. The first-order valence-corrected chi connectivity index (χ1v) is 8.09. The van der Waals surface area contributed by atoms with Crippen molar-refractivity contribution in [2.24, 2.45) is 5.92 Å². The Morgan fingerprint density at radius 2 is 2.12 bits per heavy atom. The summed E-state index contributed by atoms with van der Waals surface area (Å²) in [5.74, 6) is 0.689. The Morgan fingerprint density at radius 1 is 1.33 bits per heavy atom. The number of hydrogen-bond donors (Lipinski definition) is 1. The lowest BCUT2D eigenvalue weighted by molar-refractivity contribution is -0.142. The lowest BCUT2D eigenvalue weighted by atomic mass is 9.96. The van der Waals surface area contributed by atoms with E-state index in [9.17, 15) is 13.6 Å². The molecule has 2 fully saturated rings. The first-order chi connectivity index (χ1) is 11.6. The largest absolute Gasteiger partial charge is 0.489 e. The number of benzene rings is 1. The number of hydrogen-bond acceptors (Lipinski definition) is 5. The van der Waals surface area contributed by atoms with Gasteiger partial charge in [0.05, 0.1) is 13.7 Å². The van der Waals surface area contributed by atoms with Crippen molar-refractivity contribution >= 4 is 5.97 Å². The molecule has 1 heterocycles. The van der Waals surface area contributed by atoms with Crippen LogP contribution in [0.25, 0.3) is 0 Å². The standard InChI is InChI=1S/C17H21F2NO4/c1-22-16(21)13-6-12(8-20-13)11-4-5-14(24-17(18)19)15(7-11)23-9-10-2-3-10/h4-5,7,10,12-13,17,20H,2-3,6,8-9H2,1H3/t12-,13+/m1/s1. The summed E-state index contributed by atoms with van der Waals surface area (Å²) < 4.78 is 40.1. The van der Waals surface area contributed by atoms with Gasteiger partial charge in [0.1, 0.15) is 6.04 Å². The second-order valence-corrected chi connectivity index (χ2v) is 6.26. The van der Waals surface area contributed by atoms with Crippen molar-refractivity contribution in [1.82, 2.24) is 5.32 Å². The minimum atomic E-state index is -2.89. The van der Waals surface area contributed by atoms with E-state index in [4.69, 9.17) is 9.47 Å². The SMILES string of the molecule is COC(=O)[C@@H]1C[C@@H](c2ccc(OC(F)F)c(OCC3CC3)c2)CN1. The molecule has 1 saturated carbocycles. The van der Waals surface area contributed by atoms with E-state index in [0.29, 0.717) is 31.2 Å². The predicted molar refractivity (Wildman–Crippen MR) is 82.5 cm³/mol. The van der Waals surface area contributed by atoms with E-state index in [-0.39, 0.29) is 23.7 Å². The monoisotopic (exact) mass is 341 g/mol. The van der Waals surface area contributed by atoms with Crippen LogP contribution >= 0.6 is 0 Å². The highest BCUT2D eigenvalue weighted by Crippen LogP contribution is 2.37. The third kappa shape index (κ3) is 4.14. The van der Waals surface area contributed by atoms with Crippen LogP contribution in [0.5, 0.6) is 11.5 Å². The van der Waals surface area contributed by atoms with E-state index in [2.05, 4.69) is 10.1 Å². The highest BCUT2D eigenvalue weighted by atomic mass is 19.3. The molecule has 0 spiro atoms. The first kappa shape index (κ1) is 17.0. The van der Waals surface area contributed by atoms with Crippen LogP contribution in [-0.4, -0.2) is 38.9 Å². The molecule has 7 heteroatoms. The molecule has 132 valence electrons. The maximum absolute atomic E-state index is 12.6. The minimum absolute atomic E-state index is 0.0462. The third-order valence-corrected chi connectivity index (χ3v) is 4.44. The van der Waals surface area contributed by atoms with Crippen LogP contribution in [0, 0.1) is 5.92 Å². The Hall–Kier alpha value is -1.89. The average Bonchev–Trinajstić information content (AvgIpc) is 3.27. The zero-order chi connectivity index (χ0) is 17.1. The molecule has 0 radical (unpaired) electrons. The molecule has 2 aliphatic rings. The van der Waals surface area contributed by atoms with Gasteiger partial charge in [0.25, 0.3) is 0 Å². The summed E-state index contributed by atoms with van der Waals surface area (Å²) in [6, 6.07) is 4.66. The van der Waals surface area contributed by atoms with E-state index in [0.717, 1.165) is 18.4 Å². The Balaban J connectivity index is 1.73. The van der Waals surface area contributed by atoms with Gasteiger partial charge in [-0.25, -0.2) is 0 Å². The van der Waals surface area contributed by atoms with Gasteiger partial charge in [0, 0.05) is 6.54 Å². The van der Waals surface area contributed by atoms with Crippen molar-refractivity contribution in [1.29, 1.82) is 0 Å². The Morgan fingerprint density at radius 3 is 2.79 bits per heavy atom. The van der Waals surface area contributed by atoms with Crippen LogP contribution < -0.4 is 14.8 Å². The molecule has 1 N–H and O–H groups in total. The number of carbonyl (C=O) groups excluding carboxylic acids is 1. The van der Waals surface area contributed by atoms with Gasteiger partial charge in [-0.05, 0) is 48.8 Å². The van der Waals surface area contributed by atoms with Crippen LogP contribution in [0.4, 0.5) is 8.78 Å². The summed E-state index contributed by atoms with van der Waals surface area (Å²) in [6.07, 6.45) is 2.82. The molecule has 5 nitrogen and oxygen atoms in total. The van der Waals surface area contributed by atoms with Gasteiger partial charge < -0.3 is 19.5 Å². The molecule has 1 aliphatic carbocycles. The molecule has 1 aromatic rings. The number of halogens is 2. The van der Waals surface area contributed by atoms with E-state index in [1.807, 2.05) is 0 Å². The van der Waals surface area contributed by atoms with E-state index in [1.165, 1.54) is 13.2 Å². The molecule has 1 aliphatic heterocycles. The fraction of sp³-hybridized carbons (Fsp3) is 0.588. The number of nitrogens with one attached hydrogen (secondary N) is 1. The van der Waals surface area contributed by atoms with E-state index >= 15 is 0 Å². The van der Waals surface area contributed by atoms with E-state index < -0.39 is 6.61 Å². The third-order valence-electron chi connectivity index (χ3n) is 4.44. The Labute approximate surface area is 139 Å². The summed E-state index contributed by atoms with van der Waals surface area (Å²) in [7, 11) is 1.36. The summed E-state index contributed by atoms with van der Waals surface area (Å²) in [5, 5.41) is 3.12. The maximum atomic E-state index is 12.6. The number of ether oxygens (including phenoxy) is 3. The van der Waals surface area contributed by atoms with Crippen molar-refractivity contribution in [3.05, 3.63) is 23.8 Å². The summed E-state index contributed by atoms with van der Waals surface area (Å²) in [6.45, 7) is -1.76. The molecule has 0 aromatic heterocycles. The van der Waals surface area contributed by atoms with Crippen LogP contribution in [-0.2, 0) is 9.53 Å². The number of alkyl halides is 2. The Bertz CT molecular complexity index is 592. The minimum Gasteiger partial charge on any atom is -0.489 e. The van der Waals surface area contributed by atoms with Gasteiger partial charge in [-0.15, -0.1) is 0 Å². The van der Waals surface area contributed by atoms with Gasteiger partial charge in [-0.3, -0.25) is 4.79 Å². The van der Waals surface area contributed by atoms with Crippen LogP contribution in [0.15, 0.2) is 18.2 Å². The molecule has 3 rings (SSSR count). The predicted octanol–water partition coefficient (Wildman–Crippen LogP) is 2.70. The van der Waals surface area contributed by atoms with Crippen molar-refractivity contribution in [3.8, 4) is 11.5 Å². The lowest BCUT2D eigenvalue weighted by Gasteiger charge is -2.16. The van der Waals surface area contributed by atoms with Crippen molar-refractivity contribution in [2.75, 3.05) is 20.3 Å². The molecule has 24 heavy (non-hydrogen) atoms. The van der Waals surface area contributed by atoms with Crippen molar-refractivity contribution < 1.29 is 27.8 Å². The fourth-order valence-electron chi connectivity index (χ4n) is 2.89. The highest BCUT2D eigenvalue weighted by molar-refractivity contribution is 5.76. The quantitative estimate of drug-likeness (QED) is 0.773. The van der Waals surface area contributed by atoms with Crippen LogP contribution in [0.1, 0.15) is 30.7 Å². The number of rotatable bonds is 7. The van der Waals surface area contributed by atoms with Crippen molar-refractivity contribution in [2.45, 2.75) is 37.8 Å². The molecule has 0 unspecified atom stereocenters. The topological polar surface area (TPSA) is 56.8 Å². The lowest BCUT2D eigenvalue weighted by Crippen LogP contribution is -2.31. The Kier molecular flexibility index (Phi) is 5.18. The molecule has 1 saturated heterocycles. The van der Waals surface area contributed by atoms with Gasteiger partial charge >= 0.3 is 12.6 Å². The number of methoxy groups -OCH3 is 1. The molecule has 2 atom stereocenters. The van der Waals surface area contributed by atoms with Gasteiger partial charge in [0.15, 0.2) is 11.5 Å². The van der Waals surface area contributed by atoms with Gasteiger partial charge in [-0.1, -0.05) is 6.07 Å². The second-order valence-electron chi connectivity index (χ2n) is 6.26. The molecule has 1 aromatic carbocycles. The van der Waals surface area contributed by atoms with Gasteiger partial charge in [-0.2, -0.15) is 8.78 Å². The number of carbonyl (C=O) groups is 1. The smallest absolute Gasteiger partial charge is 0.387 e. The van der Waals surface area contributed by atoms with Crippen LogP contribution in [0.2, 0.25) is 0 Å². The molecule has 0 bridgehead atoms. The summed E-state index contributed by atoms with van der Waals surface area (Å²) in [4.78, 5) is 11.6. The highest BCUT2D eigenvalue weighted by Gasteiger charge is 2.31. The van der Waals surface area contributed by atoms with Crippen LogP contribution in [0.3, 0.4) is 0 Å². The summed E-state index contributed by atoms with van der Waals surface area (Å²) >= 11 is 0. The molecular formula is C17H21F2NO4. The van der Waals surface area contributed by atoms with Gasteiger partial charge in [0.2, 0.25) is 0 Å². The molecule has 0 amide bonds. The summed E-state index contributed by atoms with van der Waals surface area (Å²) in [5.41, 5.74) is 0.932. The fourth-order valence-corrected chi connectivity index (χ4v) is 2.89. The zero-order valence-corrected chi connectivity index (χ0v) is 13.5. The first-order valence-electron chi connectivity index (χ1n) is 8.09. The van der Waals surface area contributed by atoms with Crippen molar-refractivity contribution in [3.63, 3.8) is 0 Å². The second kappa shape index (κ2) is 7.34. The normalized spacial score (nSPS) is 23.3. The maximum Gasteiger partial charge on any atom is 0.387 e. The van der Waals surface area contributed by atoms with E-state index in [1.54, 1.807) is 12.1 Å². The zero-order valence-electron chi connectivity index (χ0n) is 13.5.